The lowest BCUT2D eigenvalue weighted by Crippen LogP contribution is -2.29. The summed E-state index contributed by atoms with van der Waals surface area (Å²) in [5.74, 6) is -4.67. The second kappa shape index (κ2) is 11.4. The highest BCUT2D eigenvalue weighted by Crippen LogP contribution is 2.36. The summed E-state index contributed by atoms with van der Waals surface area (Å²) in [5, 5.41) is 20.3. The molecular weight excluding hydrogens is 620 g/mol. The smallest absolute Gasteiger partial charge is 0.343 e. The van der Waals surface area contributed by atoms with Crippen LogP contribution < -0.4 is 19.3 Å². The van der Waals surface area contributed by atoms with Crippen molar-refractivity contribution in [3.8, 4) is 23.0 Å². The Hall–Kier alpha value is -7.08. The zero-order chi connectivity index (χ0) is 33.7. The number of phenols is 2. The number of nitrogens with zero attached hydrogens (tertiary/aromatic N) is 2. The van der Waals surface area contributed by atoms with Gasteiger partial charge in [-0.3, -0.25) is 19.2 Å². The van der Waals surface area contributed by atoms with Crippen LogP contribution in [0.4, 0.5) is 11.4 Å². The first-order valence-corrected chi connectivity index (χ1v) is 14.3. The molecule has 4 amide bonds. The van der Waals surface area contributed by atoms with E-state index in [2.05, 4.69) is 0 Å². The van der Waals surface area contributed by atoms with Gasteiger partial charge in [0.05, 0.1) is 44.8 Å². The maximum atomic E-state index is 13.1. The molecule has 12 nitrogen and oxygen atoms in total. The highest BCUT2D eigenvalue weighted by atomic mass is 16.5. The van der Waals surface area contributed by atoms with Gasteiger partial charge in [-0.15, -0.1) is 0 Å². The average molecular weight is 641 g/mol. The monoisotopic (exact) mass is 640 g/mol. The van der Waals surface area contributed by atoms with Gasteiger partial charge in [0.1, 0.15) is 23.0 Å². The molecule has 0 saturated carbocycles. The van der Waals surface area contributed by atoms with Crippen molar-refractivity contribution in [2.75, 3.05) is 9.80 Å². The predicted octanol–water partition coefficient (Wildman–Crippen LogP) is 5.14. The largest absolute Gasteiger partial charge is 0.506 e. The van der Waals surface area contributed by atoms with Crippen molar-refractivity contribution in [1.82, 2.24) is 0 Å². The molecule has 0 fully saturated rings. The molecular formula is C36H20N2O10. The summed E-state index contributed by atoms with van der Waals surface area (Å²) in [4.78, 5) is 79.4. The highest BCUT2D eigenvalue weighted by molar-refractivity contribution is 6.36. The van der Waals surface area contributed by atoms with E-state index in [1.165, 1.54) is 84.9 Å². The third-order valence-electron chi connectivity index (χ3n) is 7.73. The van der Waals surface area contributed by atoms with Crippen LogP contribution in [0.2, 0.25) is 0 Å². The molecule has 0 saturated heterocycles. The molecule has 2 heterocycles. The van der Waals surface area contributed by atoms with Crippen LogP contribution >= 0.6 is 0 Å². The fourth-order valence-corrected chi connectivity index (χ4v) is 5.39. The molecule has 48 heavy (non-hydrogen) atoms. The first kappa shape index (κ1) is 29.6. The molecule has 0 spiro atoms. The van der Waals surface area contributed by atoms with E-state index in [1.54, 1.807) is 24.3 Å². The predicted molar refractivity (Wildman–Crippen MR) is 168 cm³/mol. The van der Waals surface area contributed by atoms with Crippen molar-refractivity contribution in [1.29, 1.82) is 0 Å². The summed E-state index contributed by atoms with van der Waals surface area (Å²) in [6.45, 7) is 0. The second-order valence-electron chi connectivity index (χ2n) is 10.6. The van der Waals surface area contributed by atoms with Gasteiger partial charge in [-0.2, -0.15) is 0 Å². The minimum Gasteiger partial charge on any atom is -0.506 e. The molecule has 0 bridgehead atoms. The molecule has 5 aromatic rings. The summed E-state index contributed by atoms with van der Waals surface area (Å²) >= 11 is 0. The Morgan fingerprint density at radius 1 is 0.458 bits per heavy atom. The normalized spacial score (nSPS) is 13.4. The quantitative estimate of drug-likeness (QED) is 0.144. The first-order valence-electron chi connectivity index (χ1n) is 14.3. The van der Waals surface area contributed by atoms with E-state index in [1.807, 2.05) is 0 Å². The topological polar surface area (TPSA) is 168 Å². The number of carbonyl (C=O) groups is 6. The first-order chi connectivity index (χ1) is 23.1. The maximum absolute atomic E-state index is 13.1. The molecule has 2 aliphatic rings. The fraction of sp³-hybridized carbons (Fsp3) is 0. The van der Waals surface area contributed by atoms with Crippen LogP contribution in [0.15, 0.2) is 109 Å². The molecule has 234 valence electrons. The van der Waals surface area contributed by atoms with Crippen molar-refractivity contribution in [2.45, 2.75) is 0 Å². The number of para-hydroxylation sites is 4. The van der Waals surface area contributed by atoms with Crippen LogP contribution in [-0.4, -0.2) is 45.8 Å². The van der Waals surface area contributed by atoms with Crippen molar-refractivity contribution in [3.63, 3.8) is 0 Å². The summed E-state index contributed by atoms with van der Waals surface area (Å²) in [7, 11) is 0. The van der Waals surface area contributed by atoms with Crippen molar-refractivity contribution in [2.24, 2.45) is 0 Å². The molecule has 12 heteroatoms. The Kier molecular flexibility index (Phi) is 7.02. The van der Waals surface area contributed by atoms with Gasteiger partial charge in [0.25, 0.3) is 23.6 Å². The van der Waals surface area contributed by atoms with Crippen molar-refractivity contribution >= 4 is 46.9 Å². The van der Waals surface area contributed by atoms with Crippen LogP contribution in [-0.2, 0) is 0 Å². The number of benzene rings is 5. The van der Waals surface area contributed by atoms with E-state index < -0.39 is 35.6 Å². The van der Waals surface area contributed by atoms with Gasteiger partial charge >= 0.3 is 11.9 Å². The second-order valence-corrected chi connectivity index (χ2v) is 10.6. The Labute approximate surface area is 270 Å². The number of amides is 4. The summed E-state index contributed by atoms with van der Waals surface area (Å²) in [5.41, 5.74) is 0.113. The molecule has 0 unspecified atom stereocenters. The Morgan fingerprint density at radius 3 is 1.19 bits per heavy atom. The molecule has 0 aliphatic carbocycles. The zero-order valence-corrected chi connectivity index (χ0v) is 24.4. The summed E-state index contributed by atoms with van der Waals surface area (Å²) in [6, 6.07) is 25.1. The van der Waals surface area contributed by atoms with Gasteiger partial charge in [0, 0.05) is 0 Å². The molecule has 7 rings (SSSR count). The van der Waals surface area contributed by atoms with Crippen LogP contribution in [0.25, 0.3) is 0 Å². The number of anilines is 2. The third-order valence-corrected chi connectivity index (χ3v) is 7.73. The van der Waals surface area contributed by atoms with Gasteiger partial charge in [0.2, 0.25) is 0 Å². The SMILES string of the molecule is O=C(Oc1ccc(OC(=O)c2ccc3c(c2)C(=O)N(c2ccccc2O)C3=O)cc1)c1ccc2c(c1)C(=O)N(c1ccccc1O)C2=O. The molecule has 5 aromatic carbocycles. The molecule has 2 N–H and O–H groups in total. The van der Waals surface area contributed by atoms with Crippen molar-refractivity contribution < 1.29 is 48.5 Å². The molecule has 0 atom stereocenters. The van der Waals surface area contributed by atoms with E-state index in [0.29, 0.717) is 0 Å². The van der Waals surface area contributed by atoms with Gasteiger partial charge in [-0.25, -0.2) is 19.4 Å². The van der Waals surface area contributed by atoms with E-state index in [9.17, 15) is 39.0 Å². The number of carbonyl (C=O) groups excluding carboxylic acids is 6. The number of hydrogen-bond donors (Lipinski definition) is 2. The summed E-state index contributed by atoms with van der Waals surface area (Å²) in [6.07, 6.45) is 0. The highest BCUT2D eigenvalue weighted by Gasteiger charge is 2.39. The lowest BCUT2D eigenvalue weighted by Gasteiger charge is -2.14. The number of imide groups is 2. The number of esters is 2. The maximum Gasteiger partial charge on any atom is 0.343 e. The third kappa shape index (κ3) is 4.90. The van der Waals surface area contributed by atoms with E-state index in [0.717, 1.165) is 9.80 Å². The number of fused-ring (bicyclic) bond motifs is 2. The molecule has 0 aromatic heterocycles. The lowest BCUT2D eigenvalue weighted by molar-refractivity contribution is 0.0719. The number of ether oxygens (including phenoxy) is 2. The Balaban J connectivity index is 1.02. The number of phenolic OH excluding ortho intramolecular Hbond substituents is 2. The zero-order valence-electron chi connectivity index (χ0n) is 24.4. The van der Waals surface area contributed by atoms with Crippen LogP contribution in [0.5, 0.6) is 23.0 Å². The summed E-state index contributed by atoms with van der Waals surface area (Å²) < 4.78 is 10.8. The Bertz CT molecular complexity index is 2080. The average Bonchev–Trinajstić information content (AvgIpc) is 3.49. The van der Waals surface area contributed by atoms with Gasteiger partial charge in [-0.1, -0.05) is 24.3 Å². The molecule has 0 radical (unpaired) electrons. The van der Waals surface area contributed by atoms with E-state index in [-0.39, 0.29) is 67.8 Å². The minimum absolute atomic E-state index is 0.00443. The number of rotatable bonds is 6. The molecule has 2 aliphatic heterocycles. The van der Waals surface area contributed by atoms with Crippen LogP contribution in [0.1, 0.15) is 62.1 Å². The van der Waals surface area contributed by atoms with E-state index in [4.69, 9.17) is 9.47 Å². The van der Waals surface area contributed by atoms with Gasteiger partial charge in [0.15, 0.2) is 0 Å². The standard InChI is InChI=1S/C36H20N2O10/c39-29-7-3-1-5-27(29)37-31(41)23-15-9-19(17-25(23)33(37)43)35(45)47-21-11-13-22(14-12-21)48-36(46)20-10-16-24-26(18-20)34(44)38(32(24)42)28-6-2-4-8-30(28)40/h1-18,39-40H. The Morgan fingerprint density at radius 2 is 0.812 bits per heavy atom. The van der Waals surface area contributed by atoms with Crippen LogP contribution in [0.3, 0.4) is 0 Å². The van der Waals surface area contributed by atoms with Gasteiger partial charge < -0.3 is 19.7 Å². The van der Waals surface area contributed by atoms with Gasteiger partial charge in [-0.05, 0) is 84.9 Å². The van der Waals surface area contributed by atoms with Crippen LogP contribution in [0, 0.1) is 0 Å². The minimum atomic E-state index is -0.820. The number of aromatic hydroxyl groups is 2. The van der Waals surface area contributed by atoms with Crippen molar-refractivity contribution in [3.05, 3.63) is 143 Å². The lowest BCUT2D eigenvalue weighted by atomic mass is 10.1. The van der Waals surface area contributed by atoms with E-state index >= 15 is 0 Å². The fourth-order valence-electron chi connectivity index (χ4n) is 5.39. The number of hydrogen-bond acceptors (Lipinski definition) is 10.